The van der Waals surface area contributed by atoms with Crippen LogP contribution in [0.5, 0.6) is 0 Å². The summed E-state index contributed by atoms with van der Waals surface area (Å²) < 4.78 is 0. The molecule has 1 atom stereocenters. The van der Waals surface area contributed by atoms with E-state index in [1.165, 1.54) is 16.5 Å². The van der Waals surface area contributed by atoms with Gasteiger partial charge < -0.3 is 5.32 Å². The fourth-order valence-electron chi connectivity index (χ4n) is 1.98. The maximum absolute atomic E-state index is 3.60. The largest absolute Gasteiger partial charge is 0.381 e. The van der Waals surface area contributed by atoms with Gasteiger partial charge in [0.05, 0.1) is 0 Å². The van der Waals surface area contributed by atoms with Gasteiger partial charge in [0.15, 0.2) is 0 Å². The van der Waals surface area contributed by atoms with E-state index in [4.69, 9.17) is 0 Å². The monoisotopic (exact) mass is 245 g/mol. The summed E-state index contributed by atoms with van der Waals surface area (Å²) >= 11 is 1.89. The molecule has 0 aliphatic rings. The van der Waals surface area contributed by atoms with Gasteiger partial charge in [0, 0.05) is 17.5 Å². The van der Waals surface area contributed by atoms with Crippen LogP contribution in [0.1, 0.15) is 13.3 Å². The fourth-order valence-corrected chi connectivity index (χ4v) is 2.70. The maximum Gasteiger partial charge on any atom is 0.0349 e. The van der Waals surface area contributed by atoms with Crippen LogP contribution in [0.4, 0.5) is 5.69 Å². The van der Waals surface area contributed by atoms with Gasteiger partial charge in [-0.15, -0.1) is 0 Å². The predicted molar refractivity (Wildman–Crippen MR) is 80.0 cm³/mol. The summed E-state index contributed by atoms with van der Waals surface area (Å²) in [6.45, 7) is 2.23. The van der Waals surface area contributed by atoms with E-state index in [2.05, 4.69) is 61.0 Å². The van der Waals surface area contributed by atoms with Gasteiger partial charge in [0.25, 0.3) is 0 Å². The second kappa shape index (κ2) is 5.97. The van der Waals surface area contributed by atoms with Crippen molar-refractivity contribution in [3.8, 4) is 0 Å². The third kappa shape index (κ3) is 3.16. The second-order valence-corrected chi connectivity index (χ2v) is 5.18. The third-order valence-corrected chi connectivity index (χ3v) is 3.72. The van der Waals surface area contributed by atoms with Crippen LogP contribution in [0.3, 0.4) is 0 Å². The Labute approximate surface area is 108 Å². The van der Waals surface area contributed by atoms with Crippen LogP contribution in [0.25, 0.3) is 10.8 Å². The van der Waals surface area contributed by atoms with Gasteiger partial charge in [-0.05, 0) is 35.6 Å². The molecule has 0 saturated heterocycles. The number of nitrogens with one attached hydrogen (secondary N) is 1. The number of hydrogen-bond acceptors (Lipinski definition) is 2. The first kappa shape index (κ1) is 12.3. The van der Waals surface area contributed by atoms with Crippen molar-refractivity contribution in [3.63, 3.8) is 0 Å². The summed E-state index contributed by atoms with van der Waals surface area (Å²) in [6.07, 6.45) is 3.32. The second-order valence-electron chi connectivity index (χ2n) is 4.27. The van der Waals surface area contributed by atoms with Crippen LogP contribution in [-0.2, 0) is 0 Å². The zero-order chi connectivity index (χ0) is 12.1. The van der Waals surface area contributed by atoms with Crippen LogP contribution in [0.15, 0.2) is 42.5 Å². The van der Waals surface area contributed by atoms with E-state index >= 15 is 0 Å². The van der Waals surface area contributed by atoms with Gasteiger partial charge in [0.1, 0.15) is 0 Å². The average molecular weight is 245 g/mol. The Morgan fingerprint density at radius 1 is 1.12 bits per heavy atom. The quantitative estimate of drug-likeness (QED) is 0.838. The van der Waals surface area contributed by atoms with Gasteiger partial charge in [-0.1, -0.05) is 37.3 Å². The number of benzene rings is 2. The Balaban J connectivity index is 2.18. The highest BCUT2D eigenvalue weighted by atomic mass is 32.2. The lowest BCUT2D eigenvalue weighted by Gasteiger charge is -2.17. The third-order valence-electron chi connectivity index (χ3n) is 2.98. The summed E-state index contributed by atoms with van der Waals surface area (Å²) in [5, 5.41) is 6.21. The van der Waals surface area contributed by atoms with Gasteiger partial charge in [-0.3, -0.25) is 0 Å². The molecule has 0 saturated carbocycles. The molecule has 0 radical (unpaired) electrons. The molecule has 2 aromatic carbocycles. The summed E-state index contributed by atoms with van der Waals surface area (Å²) in [6, 6.07) is 15.6. The van der Waals surface area contributed by atoms with Crippen molar-refractivity contribution in [2.45, 2.75) is 19.4 Å². The van der Waals surface area contributed by atoms with E-state index in [1.54, 1.807) is 0 Å². The average Bonchev–Trinajstić information content (AvgIpc) is 2.38. The lowest BCUT2D eigenvalue weighted by Crippen LogP contribution is -2.20. The van der Waals surface area contributed by atoms with E-state index < -0.39 is 0 Å². The lowest BCUT2D eigenvalue weighted by atomic mass is 10.1. The molecule has 17 heavy (non-hydrogen) atoms. The number of fused-ring (bicyclic) bond motifs is 1. The zero-order valence-electron chi connectivity index (χ0n) is 10.4. The van der Waals surface area contributed by atoms with Crippen molar-refractivity contribution in [1.29, 1.82) is 0 Å². The van der Waals surface area contributed by atoms with Crippen molar-refractivity contribution in [1.82, 2.24) is 0 Å². The molecule has 1 unspecified atom stereocenters. The molecule has 0 heterocycles. The molecule has 0 amide bonds. The van der Waals surface area contributed by atoms with Crippen molar-refractivity contribution in [3.05, 3.63) is 42.5 Å². The zero-order valence-corrected chi connectivity index (χ0v) is 11.3. The molecule has 0 fully saturated rings. The maximum atomic E-state index is 3.60. The van der Waals surface area contributed by atoms with Gasteiger partial charge in [-0.2, -0.15) is 11.8 Å². The van der Waals surface area contributed by atoms with Crippen molar-refractivity contribution >= 4 is 28.2 Å². The minimum absolute atomic E-state index is 0.561. The minimum atomic E-state index is 0.561. The first-order valence-electron chi connectivity index (χ1n) is 6.07. The summed E-state index contributed by atoms with van der Waals surface area (Å²) in [7, 11) is 0. The molecular formula is C15H19NS. The smallest absolute Gasteiger partial charge is 0.0349 e. The molecule has 0 aliphatic carbocycles. The van der Waals surface area contributed by atoms with E-state index in [0.29, 0.717) is 6.04 Å². The molecule has 0 bridgehead atoms. The Kier molecular flexibility index (Phi) is 4.32. The van der Waals surface area contributed by atoms with Gasteiger partial charge in [-0.25, -0.2) is 0 Å². The molecule has 1 nitrogen and oxygen atoms in total. The highest BCUT2D eigenvalue weighted by molar-refractivity contribution is 7.98. The topological polar surface area (TPSA) is 12.0 Å². The Morgan fingerprint density at radius 2 is 1.88 bits per heavy atom. The molecule has 2 rings (SSSR count). The van der Waals surface area contributed by atoms with Gasteiger partial charge >= 0.3 is 0 Å². The summed E-state index contributed by atoms with van der Waals surface area (Å²) in [5.41, 5.74) is 1.23. The van der Waals surface area contributed by atoms with E-state index in [0.717, 1.165) is 12.2 Å². The number of thioether (sulfide) groups is 1. The Hall–Kier alpha value is -1.15. The van der Waals surface area contributed by atoms with E-state index in [9.17, 15) is 0 Å². The van der Waals surface area contributed by atoms with Crippen LogP contribution >= 0.6 is 11.8 Å². The first-order chi connectivity index (χ1) is 8.33. The first-order valence-corrected chi connectivity index (χ1v) is 7.47. The molecular weight excluding hydrogens is 226 g/mol. The van der Waals surface area contributed by atoms with E-state index in [1.807, 2.05) is 11.8 Å². The number of rotatable bonds is 5. The molecule has 2 heteroatoms. The predicted octanol–water partition coefficient (Wildman–Crippen LogP) is 4.39. The molecule has 1 N–H and O–H groups in total. The van der Waals surface area contributed by atoms with E-state index in [-0.39, 0.29) is 0 Å². The van der Waals surface area contributed by atoms with Crippen LogP contribution in [-0.4, -0.2) is 18.1 Å². The standard InChI is InChI=1S/C15H19NS/c1-3-14(11-17-2)16-15-9-8-12-6-4-5-7-13(12)10-15/h4-10,14,16H,3,11H2,1-2H3. The minimum Gasteiger partial charge on any atom is -0.381 e. The van der Waals surface area contributed by atoms with Crippen molar-refractivity contribution in [2.75, 3.05) is 17.3 Å². The highest BCUT2D eigenvalue weighted by Gasteiger charge is 2.05. The normalized spacial score (nSPS) is 12.6. The number of anilines is 1. The van der Waals surface area contributed by atoms with Crippen LogP contribution < -0.4 is 5.32 Å². The lowest BCUT2D eigenvalue weighted by molar-refractivity contribution is 0.775. The van der Waals surface area contributed by atoms with Gasteiger partial charge in [0.2, 0.25) is 0 Å². The molecule has 0 spiro atoms. The molecule has 0 aromatic heterocycles. The summed E-state index contributed by atoms with van der Waals surface area (Å²) in [4.78, 5) is 0. The highest BCUT2D eigenvalue weighted by Crippen LogP contribution is 2.20. The van der Waals surface area contributed by atoms with Crippen LogP contribution in [0, 0.1) is 0 Å². The number of hydrogen-bond donors (Lipinski definition) is 1. The van der Waals surface area contributed by atoms with Crippen molar-refractivity contribution in [2.24, 2.45) is 0 Å². The Bertz CT molecular complexity index is 481. The molecule has 0 aliphatic heterocycles. The molecule has 90 valence electrons. The molecule has 2 aromatic rings. The fraction of sp³-hybridized carbons (Fsp3) is 0.333. The Morgan fingerprint density at radius 3 is 2.59 bits per heavy atom. The van der Waals surface area contributed by atoms with Crippen molar-refractivity contribution < 1.29 is 0 Å². The SMILES string of the molecule is CCC(CSC)Nc1ccc2ccccc2c1. The summed E-state index contributed by atoms with van der Waals surface area (Å²) in [5.74, 6) is 1.16. The van der Waals surface area contributed by atoms with Crippen LogP contribution in [0.2, 0.25) is 0 Å².